The van der Waals surface area contributed by atoms with Gasteiger partial charge in [-0.1, -0.05) is 60.8 Å². The first-order chi connectivity index (χ1) is 7.65. The van der Waals surface area contributed by atoms with Gasteiger partial charge >= 0.3 is 0 Å². The fraction of sp³-hybridized carbons (Fsp3) is 1.00. The molecule has 1 nitrogen and oxygen atoms in total. The fourth-order valence-electron chi connectivity index (χ4n) is 2.20. The van der Waals surface area contributed by atoms with Gasteiger partial charge in [-0.05, 0) is 31.8 Å². The van der Waals surface area contributed by atoms with E-state index in [-0.39, 0.29) is 0 Å². The average Bonchev–Trinajstić information content (AvgIpc) is 2.26. The van der Waals surface area contributed by atoms with Crippen LogP contribution in [0.1, 0.15) is 67.2 Å². The number of nitrogens with zero attached hydrogens (tertiary/aromatic N) is 1. The Bertz CT molecular complexity index is 123. The number of likely N-dealkylation sites (tertiary alicyclic amines) is 1. The normalized spacial score (nSPS) is 24.9. The number of hydrogen-bond acceptors (Lipinski definition) is 1. The molecule has 1 heterocycles. The molecule has 0 N–H and O–H groups in total. The third kappa shape index (κ3) is 9.21. The Morgan fingerprint density at radius 2 is 1.62 bits per heavy atom. The minimum absolute atomic E-state index is 0.925. The lowest BCUT2D eigenvalue weighted by Gasteiger charge is -2.34. The van der Waals surface area contributed by atoms with Gasteiger partial charge in [-0.15, -0.1) is 0 Å². The van der Waals surface area contributed by atoms with Crippen LogP contribution in [-0.4, -0.2) is 25.0 Å². The van der Waals surface area contributed by atoms with Crippen molar-refractivity contribution in [1.29, 1.82) is 0 Å². The molecule has 1 aliphatic heterocycles. The van der Waals surface area contributed by atoms with E-state index in [1.165, 1.54) is 38.8 Å². The third-order valence-electron chi connectivity index (χ3n) is 2.95. The van der Waals surface area contributed by atoms with Gasteiger partial charge in [0.15, 0.2) is 0 Å². The second-order valence-electron chi connectivity index (χ2n) is 4.78. The summed E-state index contributed by atoms with van der Waals surface area (Å²) in [5, 5.41) is 0. The molecule has 1 saturated heterocycles. The Morgan fingerprint density at radius 1 is 1.12 bits per heavy atom. The fourth-order valence-corrected chi connectivity index (χ4v) is 2.20. The third-order valence-corrected chi connectivity index (χ3v) is 2.95. The summed E-state index contributed by atoms with van der Waals surface area (Å²) in [6.07, 6.45) is 5.47. The van der Waals surface area contributed by atoms with Crippen LogP contribution in [0, 0.1) is 11.8 Å². The van der Waals surface area contributed by atoms with E-state index in [0.29, 0.717) is 0 Å². The molecule has 0 aromatic heterocycles. The zero-order chi connectivity index (χ0) is 13.0. The Hall–Kier alpha value is -0.0400. The molecule has 0 spiro atoms. The topological polar surface area (TPSA) is 3.24 Å². The van der Waals surface area contributed by atoms with Crippen molar-refractivity contribution in [2.24, 2.45) is 11.8 Å². The molecule has 0 bridgehead atoms. The molecule has 0 aromatic carbocycles. The highest BCUT2D eigenvalue weighted by molar-refractivity contribution is 4.75. The molecule has 0 saturated carbocycles. The van der Waals surface area contributed by atoms with Gasteiger partial charge in [0.2, 0.25) is 0 Å². The molecule has 2 unspecified atom stereocenters. The predicted molar refractivity (Wildman–Crippen MR) is 77.0 cm³/mol. The van der Waals surface area contributed by atoms with Crippen molar-refractivity contribution in [3.05, 3.63) is 0 Å². The molecule has 1 heteroatoms. The maximum atomic E-state index is 2.46. The first-order valence-corrected chi connectivity index (χ1v) is 7.34. The predicted octanol–water partition coefficient (Wildman–Crippen LogP) is 4.82. The molecule has 0 amide bonds. The molecule has 1 aliphatic rings. The largest absolute Gasteiger partial charge is 0.306 e. The van der Waals surface area contributed by atoms with E-state index in [4.69, 9.17) is 0 Å². The van der Waals surface area contributed by atoms with Crippen LogP contribution in [0.5, 0.6) is 0 Å². The minimum Gasteiger partial charge on any atom is -0.306 e. The van der Waals surface area contributed by atoms with E-state index in [9.17, 15) is 0 Å². The smallest absolute Gasteiger partial charge is 0.000662 e. The van der Waals surface area contributed by atoms with Gasteiger partial charge in [-0.25, -0.2) is 0 Å². The zero-order valence-electron chi connectivity index (χ0n) is 12.8. The first-order valence-electron chi connectivity index (χ1n) is 7.34. The van der Waals surface area contributed by atoms with E-state index in [1.807, 2.05) is 13.8 Å². The zero-order valence-corrected chi connectivity index (χ0v) is 12.8. The molecule has 0 aliphatic carbocycles. The monoisotopic (exact) mass is 229 g/mol. The SMILES string of the molecule is CC.CCC.CCCC1CCN(C)CC1C. The number of rotatable bonds is 2. The number of hydrogen-bond donors (Lipinski definition) is 0. The molecule has 100 valence electrons. The molecule has 1 fully saturated rings. The highest BCUT2D eigenvalue weighted by Crippen LogP contribution is 2.26. The maximum absolute atomic E-state index is 2.46. The Morgan fingerprint density at radius 3 is 2.00 bits per heavy atom. The van der Waals surface area contributed by atoms with Gasteiger partial charge in [0, 0.05) is 6.54 Å². The van der Waals surface area contributed by atoms with Crippen molar-refractivity contribution in [2.75, 3.05) is 20.1 Å². The van der Waals surface area contributed by atoms with E-state index < -0.39 is 0 Å². The van der Waals surface area contributed by atoms with Gasteiger partial charge in [-0.2, -0.15) is 0 Å². The lowest BCUT2D eigenvalue weighted by Crippen LogP contribution is -2.36. The van der Waals surface area contributed by atoms with Gasteiger partial charge in [-0.3, -0.25) is 0 Å². The second kappa shape index (κ2) is 13.0. The summed E-state index contributed by atoms with van der Waals surface area (Å²) in [4.78, 5) is 2.46. The van der Waals surface area contributed by atoms with Crippen molar-refractivity contribution in [2.45, 2.75) is 67.2 Å². The molecule has 0 aromatic rings. The lowest BCUT2D eigenvalue weighted by atomic mass is 9.84. The van der Waals surface area contributed by atoms with Crippen molar-refractivity contribution < 1.29 is 0 Å². The minimum atomic E-state index is 0.925. The van der Waals surface area contributed by atoms with E-state index >= 15 is 0 Å². The van der Waals surface area contributed by atoms with Crippen LogP contribution in [-0.2, 0) is 0 Å². The standard InChI is InChI=1S/C10H21N.C3H8.C2H6/c1-4-5-10-6-7-11(3)8-9(10)2;1-3-2;1-2/h9-10H,4-8H2,1-3H3;3H2,1-2H3;1-2H3. The van der Waals surface area contributed by atoms with Crippen LogP contribution < -0.4 is 0 Å². The van der Waals surface area contributed by atoms with Crippen LogP contribution in [0.15, 0.2) is 0 Å². The summed E-state index contributed by atoms with van der Waals surface area (Å²) < 4.78 is 0. The van der Waals surface area contributed by atoms with Gasteiger partial charge < -0.3 is 4.90 Å². The van der Waals surface area contributed by atoms with E-state index in [0.717, 1.165) is 11.8 Å². The van der Waals surface area contributed by atoms with Gasteiger partial charge in [0.1, 0.15) is 0 Å². The van der Waals surface area contributed by atoms with Crippen molar-refractivity contribution in [1.82, 2.24) is 4.90 Å². The van der Waals surface area contributed by atoms with Crippen LogP contribution in [0.3, 0.4) is 0 Å². The maximum Gasteiger partial charge on any atom is 0.000662 e. The van der Waals surface area contributed by atoms with Crippen LogP contribution >= 0.6 is 0 Å². The van der Waals surface area contributed by atoms with Crippen molar-refractivity contribution >= 4 is 0 Å². The Balaban J connectivity index is 0. The van der Waals surface area contributed by atoms with Crippen LogP contribution in [0.25, 0.3) is 0 Å². The molecule has 2 atom stereocenters. The highest BCUT2D eigenvalue weighted by Gasteiger charge is 2.22. The summed E-state index contributed by atoms with van der Waals surface area (Å²) >= 11 is 0. The molecular weight excluding hydrogens is 194 g/mol. The molecule has 16 heavy (non-hydrogen) atoms. The molecule has 1 rings (SSSR count). The summed E-state index contributed by atoms with van der Waals surface area (Å²) in [7, 11) is 2.23. The van der Waals surface area contributed by atoms with Crippen molar-refractivity contribution in [3.63, 3.8) is 0 Å². The highest BCUT2D eigenvalue weighted by atomic mass is 15.1. The van der Waals surface area contributed by atoms with E-state index in [2.05, 4.69) is 39.6 Å². The summed E-state index contributed by atoms with van der Waals surface area (Å²) in [6.45, 7) is 15.6. The quantitative estimate of drug-likeness (QED) is 0.656. The Labute approximate surface area is 105 Å². The van der Waals surface area contributed by atoms with Crippen LogP contribution in [0.4, 0.5) is 0 Å². The molecular formula is C15H35N. The van der Waals surface area contributed by atoms with Gasteiger partial charge in [0.05, 0.1) is 0 Å². The summed E-state index contributed by atoms with van der Waals surface area (Å²) in [5.41, 5.74) is 0. The van der Waals surface area contributed by atoms with Crippen molar-refractivity contribution in [3.8, 4) is 0 Å². The first kappa shape index (κ1) is 18.3. The average molecular weight is 229 g/mol. The summed E-state index contributed by atoms with van der Waals surface area (Å²) in [5.74, 6) is 1.94. The second-order valence-corrected chi connectivity index (χ2v) is 4.78. The lowest BCUT2D eigenvalue weighted by molar-refractivity contribution is 0.147. The molecule has 0 radical (unpaired) electrons. The van der Waals surface area contributed by atoms with Gasteiger partial charge in [0.25, 0.3) is 0 Å². The van der Waals surface area contributed by atoms with E-state index in [1.54, 1.807) is 0 Å². The van der Waals surface area contributed by atoms with Crippen LogP contribution in [0.2, 0.25) is 0 Å². The number of piperidine rings is 1. The summed E-state index contributed by atoms with van der Waals surface area (Å²) in [6, 6.07) is 0. The Kier molecular flexibility index (Phi) is 14.9.